The number of nitrogens with one attached hydrogen (secondary N) is 2. The fourth-order valence-electron chi connectivity index (χ4n) is 3.43. The second kappa shape index (κ2) is 9.09. The van der Waals surface area contributed by atoms with Gasteiger partial charge < -0.3 is 20.4 Å². The van der Waals surface area contributed by atoms with E-state index < -0.39 is 0 Å². The van der Waals surface area contributed by atoms with Crippen LogP contribution < -0.4 is 10.6 Å². The van der Waals surface area contributed by atoms with E-state index >= 15 is 0 Å². The van der Waals surface area contributed by atoms with Gasteiger partial charge in [0.05, 0.1) is 6.04 Å². The molecule has 154 valence electrons. The Morgan fingerprint density at radius 2 is 1.76 bits per heavy atom. The van der Waals surface area contributed by atoms with E-state index in [-0.39, 0.29) is 23.9 Å². The highest BCUT2D eigenvalue weighted by atomic mass is 16.2. The molecule has 1 aliphatic heterocycles. The van der Waals surface area contributed by atoms with Gasteiger partial charge >= 0.3 is 6.03 Å². The van der Waals surface area contributed by atoms with Gasteiger partial charge in [0, 0.05) is 36.9 Å². The summed E-state index contributed by atoms with van der Waals surface area (Å²) in [6, 6.07) is 15.6. The van der Waals surface area contributed by atoms with Crippen LogP contribution in [0.2, 0.25) is 0 Å². The molecule has 1 fully saturated rings. The molecule has 1 heterocycles. The molecule has 0 unspecified atom stereocenters. The molecule has 29 heavy (non-hydrogen) atoms. The highest BCUT2D eigenvalue weighted by Crippen LogP contribution is 2.27. The average molecular weight is 395 g/mol. The van der Waals surface area contributed by atoms with Gasteiger partial charge in [-0.15, -0.1) is 0 Å². The third-order valence-corrected chi connectivity index (χ3v) is 5.30. The number of aryl methyl sites for hydroxylation is 1. The molecule has 1 atom stereocenters. The number of hydrogen-bond acceptors (Lipinski definition) is 3. The molecule has 0 radical (unpaired) electrons. The number of benzene rings is 2. The molecule has 0 aliphatic carbocycles. The topological polar surface area (TPSA) is 64.7 Å². The lowest BCUT2D eigenvalue weighted by Crippen LogP contribution is -2.50. The number of amides is 3. The molecule has 0 spiro atoms. The number of rotatable bonds is 4. The van der Waals surface area contributed by atoms with E-state index in [9.17, 15) is 9.59 Å². The van der Waals surface area contributed by atoms with Crippen molar-refractivity contribution in [2.45, 2.75) is 26.8 Å². The zero-order valence-corrected chi connectivity index (χ0v) is 17.6. The summed E-state index contributed by atoms with van der Waals surface area (Å²) in [4.78, 5) is 29.3. The van der Waals surface area contributed by atoms with E-state index in [1.54, 1.807) is 0 Å². The first-order valence-corrected chi connectivity index (χ1v) is 10.1. The number of carbonyl (C=O) groups excluding carboxylic acids is 2. The maximum absolute atomic E-state index is 13.2. The summed E-state index contributed by atoms with van der Waals surface area (Å²) < 4.78 is 0. The lowest BCUT2D eigenvalue weighted by Gasteiger charge is -2.40. The first-order valence-electron chi connectivity index (χ1n) is 10.1. The lowest BCUT2D eigenvalue weighted by atomic mass is 10.0. The predicted molar refractivity (Wildman–Crippen MR) is 117 cm³/mol. The van der Waals surface area contributed by atoms with E-state index in [1.165, 1.54) is 0 Å². The van der Waals surface area contributed by atoms with Crippen LogP contribution in [0.5, 0.6) is 0 Å². The van der Waals surface area contributed by atoms with Gasteiger partial charge in [-0.1, -0.05) is 50.2 Å². The first kappa shape index (κ1) is 20.9. The highest BCUT2D eigenvalue weighted by Gasteiger charge is 2.30. The van der Waals surface area contributed by atoms with Crippen molar-refractivity contribution in [1.82, 2.24) is 9.80 Å². The minimum Gasteiger partial charge on any atom is -0.326 e. The Morgan fingerprint density at radius 1 is 1.03 bits per heavy atom. The Morgan fingerprint density at radius 3 is 2.45 bits per heavy atom. The molecule has 2 aromatic carbocycles. The monoisotopic (exact) mass is 394 g/mol. The SMILES string of the molecule is Cc1ccc(NC(=O)C(C)C)cc1NC(=O)N1CCN(C)C[C@H]1c1ccccc1. The van der Waals surface area contributed by atoms with Crippen molar-refractivity contribution in [3.63, 3.8) is 0 Å². The lowest BCUT2D eigenvalue weighted by molar-refractivity contribution is -0.118. The van der Waals surface area contributed by atoms with Crippen molar-refractivity contribution >= 4 is 23.3 Å². The third-order valence-electron chi connectivity index (χ3n) is 5.30. The Balaban J connectivity index is 1.78. The fraction of sp³-hybridized carbons (Fsp3) is 0.391. The number of nitrogens with zero attached hydrogens (tertiary/aromatic N) is 2. The van der Waals surface area contributed by atoms with Gasteiger partial charge in [-0.05, 0) is 37.2 Å². The van der Waals surface area contributed by atoms with Crippen LogP contribution in [-0.2, 0) is 4.79 Å². The van der Waals surface area contributed by atoms with Gasteiger partial charge in [0.2, 0.25) is 5.91 Å². The molecule has 6 nitrogen and oxygen atoms in total. The second-order valence-corrected chi connectivity index (χ2v) is 7.99. The van der Waals surface area contributed by atoms with Crippen molar-refractivity contribution in [2.24, 2.45) is 5.92 Å². The highest BCUT2D eigenvalue weighted by molar-refractivity contribution is 5.95. The molecule has 0 aromatic heterocycles. The van der Waals surface area contributed by atoms with Gasteiger partial charge in [0.25, 0.3) is 0 Å². The number of hydrogen-bond donors (Lipinski definition) is 2. The van der Waals surface area contributed by atoms with E-state index in [4.69, 9.17) is 0 Å². The van der Waals surface area contributed by atoms with Gasteiger partial charge in [0.1, 0.15) is 0 Å². The number of likely N-dealkylation sites (N-methyl/N-ethyl adjacent to an activating group) is 1. The molecule has 3 amide bonds. The first-order chi connectivity index (χ1) is 13.8. The Bertz CT molecular complexity index is 866. The van der Waals surface area contributed by atoms with Gasteiger partial charge in [-0.25, -0.2) is 4.79 Å². The van der Waals surface area contributed by atoms with Crippen LogP contribution in [0.1, 0.15) is 31.0 Å². The van der Waals surface area contributed by atoms with Crippen LogP contribution in [-0.4, -0.2) is 48.4 Å². The number of piperazine rings is 1. The largest absolute Gasteiger partial charge is 0.326 e. The van der Waals surface area contributed by atoms with E-state index in [0.717, 1.165) is 24.2 Å². The molecule has 0 saturated carbocycles. The zero-order valence-electron chi connectivity index (χ0n) is 17.6. The summed E-state index contributed by atoms with van der Waals surface area (Å²) in [6.45, 7) is 7.93. The summed E-state index contributed by atoms with van der Waals surface area (Å²) in [5.41, 5.74) is 3.47. The van der Waals surface area contributed by atoms with Gasteiger partial charge in [0.15, 0.2) is 0 Å². The third kappa shape index (κ3) is 5.15. The molecule has 1 saturated heterocycles. The quantitative estimate of drug-likeness (QED) is 0.820. The summed E-state index contributed by atoms with van der Waals surface area (Å²) in [6.07, 6.45) is 0. The normalized spacial score (nSPS) is 17.3. The summed E-state index contributed by atoms with van der Waals surface area (Å²) >= 11 is 0. The molecule has 2 aromatic rings. The number of carbonyl (C=O) groups is 2. The summed E-state index contributed by atoms with van der Waals surface area (Å²) in [5.74, 6) is -0.152. The standard InChI is InChI=1S/C23H30N4O2/c1-16(2)22(28)24-19-11-10-17(3)20(14-19)25-23(29)27-13-12-26(4)15-21(27)18-8-6-5-7-9-18/h5-11,14,16,21H,12-13,15H2,1-4H3,(H,24,28)(H,25,29)/t21-/m0/s1. The van der Waals surface area contributed by atoms with E-state index in [2.05, 4.69) is 34.7 Å². The summed E-state index contributed by atoms with van der Waals surface area (Å²) in [7, 11) is 2.08. The smallest absolute Gasteiger partial charge is 0.322 e. The number of anilines is 2. The van der Waals surface area contributed by atoms with Gasteiger partial charge in [-0.3, -0.25) is 4.79 Å². The van der Waals surface area contributed by atoms with Crippen molar-refractivity contribution in [3.8, 4) is 0 Å². The zero-order chi connectivity index (χ0) is 21.0. The minimum atomic E-state index is -0.123. The molecule has 2 N–H and O–H groups in total. The average Bonchev–Trinajstić information content (AvgIpc) is 2.70. The van der Waals surface area contributed by atoms with Crippen LogP contribution in [0.25, 0.3) is 0 Å². The van der Waals surface area contributed by atoms with Crippen molar-refractivity contribution < 1.29 is 9.59 Å². The van der Waals surface area contributed by atoms with Crippen LogP contribution in [0.3, 0.4) is 0 Å². The Hall–Kier alpha value is -2.86. The van der Waals surface area contributed by atoms with Crippen LogP contribution >= 0.6 is 0 Å². The molecule has 0 bridgehead atoms. The van der Waals surface area contributed by atoms with Gasteiger partial charge in [-0.2, -0.15) is 0 Å². The molecular weight excluding hydrogens is 364 g/mol. The van der Waals surface area contributed by atoms with Crippen LogP contribution in [0.4, 0.5) is 16.2 Å². The molecule has 3 rings (SSSR count). The number of urea groups is 1. The second-order valence-electron chi connectivity index (χ2n) is 7.99. The molecule has 6 heteroatoms. The fourth-order valence-corrected chi connectivity index (χ4v) is 3.43. The maximum Gasteiger partial charge on any atom is 0.322 e. The maximum atomic E-state index is 13.2. The summed E-state index contributed by atoms with van der Waals surface area (Å²) in [5, 5.41) is 5.95. The minimum absolute atomic E-state index is 0.000850. The van der Waals surface area contributed by atoms with E-state index in [0.29, 0.717) is 17.9 Å². The Kier molecular flexibility index (Phi) is 6.54. The Labute approximate surface area is 172 Å². The predicted octanol–water partition coefficient (Wildman–Crippen LogP) is 4.11. The van der Waals surface area contributed by atoms with Crippen molar-refractivity contribution in [2.75, 3.05) is 37.3 Å². The molecular formula is C23H30N4O2. The van der Waals surface area contributed by atoms with Crippen LogP contribution in [0.15, 0.2) is 48.5 Å². The van der Waals surface area contributed by atoms with E-state index in [1.807, 2.05) is 62.1 Å². The van der Waals surface area contributed by atoms with Crippen molar-refractivity contribution in [3.05, 3.63) is 59.7 Å². The molecule has 1 aliphatic rings. The van der Waals surface area contributed by atoms with Crippen LogP contribution in [0, 0.1) is 12.8 Å². The van der Waals surface area contributed by atoms with Crippen molar-refractivity contribution in [1.29, 1.82) is 0 Å².